The number of ether oxygens (including phenoxy) is 1. The Morgan fingerprint density at radius 1 is 1.24 bits per heavy atom. The highest BCUT2D eigenvalue weighted by molar-refractivity contribution is 5.85. The molecule has 3 heteroatoms. The molecule has 86 valence electrons. The summed E-state index contributed by atoms with van der Waals surface area (Å²) in [4.78, 5) is 11.5. The van der Waals surface area contributed by atoms with Crippen molar-refractivity contribution in [2.24, 2.45) is 0 Å². The molecule has 17 heavy (non-hydrogen) atoms. The van der Waals surface area contributed by atoms with Crippen molar-refractivity contribution < 1.29 is 9.15 Å². The predicted molar refractivity (Wildman–Crippen MR) is 65.6 cm³/mol. The quantitative estimate of drug-likeness (QED) is 0.514. The Hall–Kier alpha value is -2.03. The Balaban J connectivity index is 2.40. The first-order valence-electron chi connectivity index (χ1n) is 5.60. The molecule has 0 aliphatic carbocycles. The van der Waals surface area contributed by atoms with Gasteiger partial charge >= 0.3 is 5.63 Å². The van der Waals surface area contributed by atoms with Crippen molar-refractivity contribution in [3.63, 3.8) is 0 Å². The van der Waals surface area contributed by atoms with Crippen LogP contribution in [0.25, 0.3) is 11.0 Å². The molecular weight excluding hydrogens is 216 g/mol. The van der Waals surface area contributed by atoms with E-state index in [1.165, 1.54) is 6.07 Å². The first kappa shape index (κ1) is 10.1. The summed E-state index contributed by atoms with van der Waals surface area (Å²) in [5.74, 6) is 0.802. The van der Waals surface area contributed by atoms with Crippen molar-refractivity contribution in [3.05, 3.63) is 51.9 Å². The minimum Gasteiger partial charge on any atom is -0.489 e. The van der Waals surface area contributed by atoms with Crippen LogP contribution in [0.1, 0.15) is 11.1 Å². The van der Waals surface area contributed by atoms with Gasteiger partial charge in [0.15, 0.2) is 0 Å². The summed E-state index contributed by atoms with van der Waals surface area (Å²) in [7, 11) is 0. The van der Waals surface area contributed by atoms with Gasteiger partial charge in [-0.3, -0.25) is 0 Å². The third-order valence-corrected chi connectivity index (χ3v) is 3.00. The van der Waals surface area contributed by atoms with Crippen LogP contribution in [0.5, 0.6) is 5.75 Å². The van der Waals surface area contributed by atoms with Crippen LogP contribution in [0.3, 0.4) is 0 Å². The summed E-state index contributed by atoms with van der Waals surface area (Å²) in [5.41, 5.74) is 2.24. The summed E-state index contributed by atoms with van der Waals surface area (Å²) in [5, 5.41) is 0.974. The maximum atomic E-state index is 11.5. The molecule has 0 radical (unpaired) electrons. The van der Waals surface area contributed by atoms with Crippen LogP contribution < -0.4 is 10.4 Å². The number of allylic oxidation sites excluding steroid dienone is 1. The van der Waals surface area contributed by atoms with E-state index in [9.17, 15) is 4.79 Å². The van der Waals surface area contributed by atoms with E-state index >= 15 is 0 Å². The van der Waals surface area contributed by atoms with Gasteiger partial charge in [-0.15, -0.1) is 0 Å². The lowest BCUT2D eigenvalue weighted by Gasteiger charge is -2.09. The van der Waals surface area contributed by atoms with Gasteiger partial charge in [-0.1, -0.05) is 12.2 Å². The number of hydrogen-bond acceptors (Lipinski definition) is 3. The van der Waals surface area contributed by atoms with E-state index in [4.69, 9.17) is 9.15 Å². The molecule has 0 saturated heterocycles. The van der Waals surface area contributed by atoms with E-state index in [0.717, 1.165) is 28.7 Å². The third kappa shape index (κ3) is 1.64. The molecule has 3 rings (SSSR count). The van der Waals surface area contributed by atoms with E-state index in [2.05, 4.69) is 0 Å². The van der Waals surface area contributed by atoms with Crippen molar-refractivity contribution in [2.75, 3.05) is 6.61 Å². The zero-order valence-corrected chi connectivity index (χ0v) is 9.53. The van der Waals surface area contributed by atoms with Gasteiger partial charge < -0.3 is 9.15 Å². The molecule has 0 atom stereocenters. The Morgan fingerprint density at radius 3 is 3.00 bits per heavy atom. The lowest BCUT2D eigenvalue weighted by molar-refractivity contribution is 0.362. The standard InChI is InChI=1S/C14H12O3/c1-9-8-13(15)17-14-10(9)5-6-12-11(14)4-2-3-7-16-12/h2-3,5-6,8H,4,7H2,1H3. The maximum Gasteiger partial charge on any atom is 0.336 e. The molecule has 0 bridgehead atoms. The second kappa shape index (κ2) is 3.77. The molecular formula is C14H12O3. The first-order chi connectivity index (χ1) is 8.25. The summed E-state index contributed by atoms with van der Waals surface area (Å²) in [6, 6.07) is 5.40. The molecule has 0 spiro atoms. The normalized spacial score (nSPS) is 14.2. The fourth-order valence-electron chi connectivity index (χ4n) is 2.16. The van der Waals surface area contributed by atoms with Gasteiger partial charge in [0.25, 0.3) is 0 Å². The zero-order chi connectivity index (χ0) is 11.8. The highest BCUT2D eigenvalue weighted by atomic mass is 16.5. The van der Waals surface area contributed by atoms with Crippen LogP contribution >= 0.6 is 0 Å². The number of aryl methyl sites for hydroxylation is 1. The van der Waals surface area contributed by atoms with E-state index in [1.807, 2.05) is 31.2 Å². The van der Waals surface area contributed by atoms with Crippen molar-refractivity contribution in [1.82, 2.24) is 0 Å². The fraction of sp³-hybridized carbons (Fsp3) is 0.214. The molecule has 1 aromatic heterocycles. The van der Waals surface area contributed by atoms with Gasteiger partial charge in [0.1, 0.15) is 17.9 Å². The molecule has 0 saturated carbocycles. The number of hydrogen-bond donors (Lipinski definition) is 0. The summed E-state index contributed by atoms with van der Waals surface area (Å²) in [6.45, 7) is 2.48. The fourth-order valence-corrected chi connectivity index (χ4v) is 2.16. The molecule has 3 nitrogen and oxygen atoms in total. The van der Waals surface area contributed by atoms with Gasteiger partial charge in [0.05, 0.1) is 0 Å². The van der Waals surface area contributed by atoms with Crippen LogP contribution in [-0.4, -0.2) is 6.61 Å². The lowest BCUT2D eigenvalue weighted by atomic mass is 10.0. The number of rotatable bonds is 0. The van der Waals surface area contributed by atoms with Crippen LogP contribution in [0.4, 0.5) is 0 Å². The van der Waals surface area contributed by atoms with Crippen LogP contribution in [0.2, 0.25) is 0 Å². The predicted octanol–water partition coefficient (Wildman–Crippen LogP) is 2.59. The van der Waals surface area contributed by atoms with Crippen LogP contribution in [-0.2, 0) is 6.42 Å². The first-order valence-corrected chi connectivity index (χ1v) is 5.60. The molecule has 0 N–H and O–H groups in total. The van der Waals surface area contributed by atoms with Gasteiger partial charge in [-0.05, 0) is 31.0 Å². The van der Waals surface area contributed by atoms with Gasteiger partial charge in [0, 0.05) is 17.0 Å². The zero-order valence-electron chi connectivity index (χ0n) is 9.53. The average molecular weight is 228 g/mol. The molecule has 1 aliphatic rings. The highest BCUT2D eigenvalue weighted by Crippen LogP contribution is 2.30. The average Bonchev–Trinajstić information content (AvgIpc) is 2.53. The third-order valence-electron chi connectivity index (χ3n) is 3.00. The second-order valence-corrected chi connectivity index (χ2v) is 4.15. The maximum absolute atomic E-state index is 11.5. The molecule has 0 unspecified atom stereocenters. The summed E-state index contributed by atoms with van der Waals surface area (Å²) >= 11 is 0. The molecule has 1 aliphatic heterocycles. The molecule has 1 aromatic carbocycles. The minimum absolute atomic E-state index is 0.309. The van der Waals surface area contributed by atoms with E-state index in [0.29, 0.717) is 12.2 Å². The summed E-state index contributed by atoms with van der Waals surface area (Å²) < 4.78 is 10.9. The largest absolute Gasteiger partial charge is 0.489 e. The highest BCUT2D eigenvalue weighted by Gasteiger charge is 2.13. The monoisotopic (exact) mass is 228 g/mol. The van der Waals surface area contributed by atoms with Gasteiger partial charge in [0.2, 0.25) is 0 Å². The Labute approximate surface area is 98.3 Å². The van der Waals surface area contributed by atoms with E-state index in [1.54, 1.807) is 0 Å². The Morgan fingerprint density at radius 2 is 2.12 bits per heavy atom. The van der Waals surface area contributed by atoms with E-state index < -0.39 is 0 Å². The van der Waals surface area contributed by atoms with E-state index in [-0.39, 0.29) is 5.63 Å². The topological polar surface area (TPSA) is 39.4 Å². The van der Waals surface area contributed by atoms with Crippen LogP contribution in [0.15, 0.2) is 39.6 Å². The molecule has 0 fully saturated rings. The molecule has 2 heterocycles. The number of fused-ring (bicyclic) bond motifs is 3. The van der Waals surface area contributed by atoms with Crippen molar-refractivity contribution >= 4 is 11.0 Å². The summed E-state index contributed by atoms with van der Waals surface area (Å²) in [6.07, 6.45) is 4.74. The minimum atomic E-state index is -0.309. The van der Waals surface area contributed by atoms with Crippen LogP contribution in [0, 0.1) is 6.92 Å². The second-order valence-electron chi connectivity index (χ2n) is 4.15. The van der Waals surface area contributed by atoms with Crippen molar-refractivity contribution in [2.45, 2.75) is 13.3 Å². The van der Waals surface area contributed by atoms with Crippen molar-refractivity contribution in [1.29, 1.82) is 0 Å². The molecule has 0 amide bonds. The lowest BCUT2D eigenvalue weighted by Crippen LogP contribution is -2.01. The number of benzene rings is 1. The Bertz CT molecular complexity index is 665. The molecule has 2 aromatic rings. The van der Waals surface area contributed by atoms with Gasteiger partial charge in [-0.25, -0.2) is 4.79 Å². The van der Waals surface area contributed by atoms with Gasteiger partial charge in [-0.2, -0.15) is 0 Å². The van der Waals surface area contributed by atoms with Crippen molar-refractivity contribution in [3.8, 4) is 5.75 Å². The smallest absolute Gasteiger partial charge is 0.336 e. The Kier molecular flexibility index (Phi) is 2.25. The SMILES string of the molecule is Cc1cc(=O)oc2c3c(ccc12)OCC=CC3.